The lowest BCUT2D eigenvalue weighted by atomic mass is 10.1. The molecule has 0 heterocycles. The van der Waals surface area contributed by atoms with E-state index in [0.717, 1.165) is 26.1 Å². The van der Waals surface area contributed by atoms with Gasteiger partial charge in [-0.15, -0.1) is 0 Å². The third-order valence-corrected chi connectivity index (χ3v) is 2.92. The van der Waals surface area contributed by atoms with Gasteiger partial charge in [-0.1, -0.05) is 38.3 Å². The zero-order valence-corrected chi connectivity index (χ0v) is 12.6. The van der Waals surface area contributed by atoms with Gasteiger partial charge < -0.3 is 9.47 Å². The van der Waals surface area contributed by atoms with Crippen molar-refractivity contribution in [3.05, 3.63) is 12.2 Å². The molecule has 0 unspecified atom stereocenters. The van der Waals surface area contributed by atoms with Crippen LogP contribution in [-0.4, -0.2) is 19.5 Å². The molecule has 108 valence electrons. The van der Waals surface area contributed by atoms with E-state index in [1.807, 2.05) is 13.8 Å². The van der Waals surface area contributed by atoms with Crippen LogP contribution in [0.15, 0.2) is 12.2 Å². The van der Waals surface area contributed by atoms with Crippen molar-refractivity contribution in [2.75, 3.05) is 13.2 Å². The van der Waals surface area contributed by atoms with Gasteiger partial charge in [0, 0.05) is 13.2 Å². The fourth-order valence-corrected chi connectivity index (χ4v) is 1.97. The number of allylic oxidation sites excluding steroid dienone is 2. The monoisotopic (exact) mass is 256 g/mol. The zero-order valence-electron chi connectivity index (χ0n) is 12.6. The fraction of sp³-hybridized carbons (Fsp3) is 0.875. The predicted molar refractivity (Wildman–Crippen MR) is 78.8 cm³/mol. The molecule has 18 heavy (non-hydrogen) atoms. The Morgan fingerprint density at radius 2 is 1.39 bits per heavy atom. The number of unbranched alkanes of at least 4 members (excludes halogenated alkanes) is 5. The van der Waals surface area contributed by atoms with E-state index in [0.29, 0.717) is 0 Å². The first-order valence-corrected chi connectivity index (χ1v) is 7.73. The van der Waals surface area contributed by atoms with Crippen molar-refractivity contribution in [1.29, 1.82) is 0 Å². The van der Waals surface area contributed by atoms with Crippen LogP contribution in [0.5, 0.6) is 0 Å². The third kappa shape index (κ3) is 12.1. The molecule has 0 spiro atoms. The van der Waals surface area contributed by atoms with Gasteiger partial charge in [0.15, 0.2) is 6.29 Å². The highest BCUT2D eigenvalue weighted by atomic mass is 16.7. The maximum Gasteiger partial charge on any atom is 0.157 e. The Morgan fingerprint density at radius 1 is 0.778 bits per heavy atom. The van der Waals surface area contributed by atoms with E-state index in [9.17, 15) is 0 Å². The summed E-state index contributed by atoms with van der Waals surface area (Å²) in [6.45, 7) is 7.72. The van der Waals surface area contributed by atoms with E-state index in [1.165, 1.54) is 38.5 Å². The van der Waals surface area contributed by atoms with E-state index in [1.54, 1.807) is 0 Å². The van der Waals surface area contributed by atoms with E-state index in [2.05, 4.69) is 19.1 Å². The Balaban J connectivity index is 3.29. The summed E-state index contributed by atoms with van der Waals surface area (Å²) < 4.78 is 11.0. The van der Waals surface area contributed by atoms with Crippen LogP contribution in [0.25, 0.3) is 0 Å². The summed E-state index contributed by atoms with van der Waals surface area (Å²) in [7, 11) is 0. The number of hydrogen-bond acceptors (Lipinski definition) is 2. The van der Waals surface area contributed by atoms with Gasteiger partial charge in [-0.05, 0) is 46.0 Å². The van der Waals surface area contributed by atoms with E-state index >= 15 is 0 Å². The van der Waals surface area contributed by atoms with Crippen molar-refractivity contribution in [1.82, 2.24) is 0 Å². The van der Waals surface area contributed by atoms with Gasteiger partial charge in [-0.2, -0.15) is 0 Å². The molecule has 0 aromatic carbocycles. The van der Waals surface area contributed by atoms with Gasteiger partial charge in [0.05, 0.1) is 0 Å². The Hall–Kier alpha value is -0.340. The minimum Gasteiger partial charge on any atom is -0.353 e. The van der Waals surface area contributed by atoms with Crippen LogP contribution in [0.1, 0.15) is 72.1 Å². The maximum atomic E-state index is 5.52. The lowest BCUT2D eigenvalue weighted by molar-refractivity contribution is -0.140. The zero-order chi connectivity index (χ0) is 13.5. The molecule has 0 aromatic heterocycles. The standard InChI is InChI=1S/C16H32O2/c1-4-7-8-9-10-11-12-13-14-15-16(17-5-2)18-6-3/h7-8,16H,4-6,9-15H2,1-3H3/b8-7+. The van der Waals surface area contributed by atoms with Gasteiger partial charge in [0.2, 0.25) is 0 Å². The third-order valence-electron chi connectivity index (χ3n) is 2.92. The van der Waals surface area contributed by atoms with Crippen molar-refractivity contribution in [2.24, 2.45) is 0 Å². The molecule has 2 heteroatoms. The Labute approximate surface area is 114 Å². The first-order valence-electron chi connectivity index (χ1n) is 7.73. The Morgan fingerprint density at radius 3 is 2.00 bits per heavy atom. The topological polar surface area (TPSA) is 18.5 Å². The molecule has 2 nitrogen and oxygen atoms in total. The summed E-state index contributed by atoms with van der Waals surface area (Å²) in [6.07, 6.45) is 14.6. The molecule has 0 aliphatic heterocycles. The van der Waals surface area contributed by atoms with Gasteiger partial charge in [0.1, 0.15) is 0 Å². The molecule has 0 N–H and O–H groups in total. The molecule has 0 rings (SSSR count). The van der Waals surface area contributed by atoms with E-state index in [-0.39, 0.29) is 6.29 Å². The summed E-state index contributed by atoms with van der Waals surface area (Å²) in [5.74, 6) is 0. The molecule has 0 bridgehead atoms. The molecular formula is C16H32O2. The Kier molecular flexibility index (Phi) is 14.4. The van der Waals surface area contributed by atoms with Crippen molar-refractivity contribution in [3.63, 3.8) is 0 Å². The number of rotatable bonds is 13. The molecule has 0 aliphatic rings. The van der Waals surface area contributed by atoms with Crippen LogP contribution >= 0.6 is 0 Å². The van der Waals surface area contributed by atoms with Gasteiger partial charge in [0.25, 0.3) is 0 Å². The minimum atomic E-state index is 0.0208. The Bertz CT molecular complexity index is 172. The highest BCUT2D eigenvalue weighted by Gasteiger charge is 2.06. The quantitative estimate of drug-likeness (QED) is 0.260. The largest absolute Gasteiger partial charge is 0.353 e. The first-order chi connectivity index (χ1) is 8.85. The molecule has 0 saturated heterocycles. The summed E-state index contributed by atoms with van der Waals surface area (Å²) in [6, 6.07) is 0. The summed E-state index contributed by atoms with van der Waals surface area (Å²) in [5, 5.41) is 0. The van der Waals surface area contributed by atoms with Crippen molar-refractivity contribution in [2.45, 2.75) is 78.4 Å². The predicted octanol–water partition coefficient (Wildman–Crippen LogP) is 5.08. The van der Waals surface area contributed by atoms with Crippen LogP contribution in [0.3, 0.4) is 0 Å². The van der Waals surface area contributed by atoms with Gasteiger partial charge >= 0.3 is 0 Å². The lowest BCUT2D eigenvalue weighted by Crippen LogP contribution is -2.17. The number of ether oxygens (including phenoxy) is 2. The second-order valence-corrected chi connectivity index (χ2v) is 4.57. The van der Waals surface area contributed by atoms with Crippen LogP contribution < -0.4 is 0 Å². The minimum absolute atomic E-state index is 0.0208. The molecule has 0 atom stereocenters. The van der Waals surface area contributed by atoms with Crippen LogP contribution in [0.2, 0.25) is 0 Å². The summed E-state index contributed by atoms with van der Waals surface area (Å²) >= 11 is 0. The molecule has 0 fully saturated rings. The highest BCUT2D eigenvalue weighted by Crippen LogP contribution is 2.11. The second kappa shape index (κ2) is 14.7. The SMILES string of the molecule is CC/C=C/CCCCCCCC(OCC)OCC. The van der Waals surface area contributed by atoms with Crippen molar-refractivity contribution < 1.29 is 9.47 Å². The fourth-order valence-electron chi connectivity index (χ4n) is 1.97. The first kappa shape index (κ1) is 17.7. The van der Waals surface area contributed by atoms with E-state index < -0.39 is 0 Å². The molecule has 0 saturated carbocycles. The number of hydrogen-bond donors (Lipinski definition) is 0. The molecule has 0 radical (unpaired) electrons. The van der Waals surface area contributed by atoms with Crippen molar-refractivity contribution >= 4 is 0 Å². The van der Waals surface area contributed by atoms with Crippen LogP contribution in [0, 0.1) is 0 Å². The summed E-state index contributed by atoms with van der Waals surface area (Å²) in [4.78, 5) is 0. The van der Waals surface area contributed by atoms with Gasteiger partial charge in [-0.25, -0.2) is 0 Å². The normalized spacial score (nSPS) is 11.8. The smallest absolute Gasteiger partial charge is 0.157 e. The average molecular weight is 256 g/mol. The lowest BCUT2D eigenvalue weighted by Gasteiger charge is -2.16. The van der Waals surface area contributed by atoms with Crippen molar-refractivity contribution in [3.8, 4) is 0 Å². The van der Waals surface area contributed by atoms with Crippen LogP contribution in [-0.2, 0) is 9.47 Å². The maximum absolute atomic E-state index is 5.52. The highest BCUT2D eigenvalue weighted by molar-refractivity contribution is 4.79. The van der Waals surface area contributed by atoms with Gasteiger partial charge in [-0.3, -0.25) is 0 Å². The summed E-state index contributed by atoms with van der Waals surface area (Å²) in [5.41, 5.74) is 0. The molecular weight excluding hydrogens is 224 g/mol. The molecule has 0 aromatic rings. The molecule has 0 amide bonds. The molecule has 0 aliphatic carbocycles. The second-order valence-electron chi connectivity index (χ2n) is 4.57. The average Bonchev–Trinajstić information content (AvgIpc) is 2.37. The van der Waals surface area contributed by atoms with Crippen LogP contribution in [0.4, 0.5) is 0 Å². The van der Waals surface area contributed by atoms with E-state index in [4.69, 9.17) is 9.47 Å².